The van der Waals surface area contributed by atoms with Gasteiger partial charge in [0.15, 0.2) is 0 Å². The lowest BCUT2D eigenvalue weighted by atomic mass is 10.1. The third-order valence-electron chi connectivity index (χ3n) is 6.46. The summed E-state index contributed by atoms with van der Waals surface area (Å²) in [6, 6.07) is 22.7. The second-order valence-corrected chi connectivity index (χ2v) is 10.9. The highest BCUT2D eigenvalue weighted by atomic mass is 79.9. The van der Waals surface area contributed by atoms with E-state index in [0.29, 0.717) is 21.7 Å². The van der Waals surface area contributed by atoms with Gasteiger partial charge in [-0.15, -0.1) is 0 Å². The standard InChI is InChI=1S/C30H22BrN5O4S/c1-39-22-11-8-18(9-12-22)14-24-28(37)32-30-36(33-24)29(38)26(41-30)16-20-17-35(21-6-4-3-5-7-21)34-27(20)19-10-13-25(40-2)23(31)15-19/h3-13,15-17H,14H2,1-2H3. The normalized spacial score (nSPS) is 11.7. The number of aromatic nitrogens is 5. The highest BCUT2D eigenvalue weighted by Gasteiger charge is 2.16. The fourth-order valence-corrected chi connectivity index (χ4v) is 5.81. The third-order valence-corrected chi connectivity index (χ3v) is 8.03. The Labute approximate surface area is 246 Å². The molecule has 0 radical (unpaired) electrons. The van der Waals surface area contributed by atoms with E-state index in [0.717, 1.165) is 38.2 Å². The number of halogens is 1. The van der Waals surface area contributed by atoms with Gasteiger partial charge >= 0.3 is 0 Å². The summed E-state index contributed by atoms with van der Waals surface area (Å²) in [6.07, 6.45) is 3.87. The first-order valence-corrected chi connectivity index (χ1v) is 14.1. The maximum Gasteiger partial charge on any atom is 0.296 e. The first kappa shape index (κ1) is 26.6. The third kappa shape index (κ3) is 5.29. The molecule has 41 heavy (non-hydrogen) atoms. The first-order valence-electron chi connectivity index (χ1n) is 12.5. The SMILES string of the molecule is COc1ccc(Cc2nn3c(=O)c(=Cc4cn(-c5ccccc5)nc4-c4ccc(OC)c(Br)c4)sc3nc2=O)cc1. The van der Waals surface area contributed by atoms with Crippen molar-refractivity contribution in [1.82, 2.24) is 24.4 Å². The van der Waals surface area contributed by atoms with Crippen LogP contribution >= 0.6 is 27.3 Å². The van der Waals surface area contributed by atoms with Crippen LogP contribution in [0, 0.1) is 0 Å². The molecule has 3 heterocycles. The molecule has 6 aromatic rings. The zero-order chi connectivity index (χ0) is 28.5. The Morgan fingerprint density at radius 3 is 2.44 bits per heavy atom. The van der Waals surface area contributed by atoms with Crippen LogP contribution in [0.3, 0.4) is 0 Å². The molecule has 0 atom stereocenters. The number of hydrogen-bond donors (Lipinski definition) is 0. The smallest absolute Gasteiger partial charge is 0.296 e. The van der Waals surface area contributed by atoms with Crippen LogP contribution < -0.4 is 25.1 Å². The zero-order valence-corrected chi connectivity index (χ0v) is 24.3. The van der Waals surface area contributed by atoms with E-state index >= 15 is 0 Å². The number of benzene rings is 3. The van der Waals surface area contributed by atoms with E-state index in [2.05, 4.69) is 26.0 Å². The van der Waals surface area contributed by atoms with Gasteiger partial charge in [-0.05, 0) is 70.0 Å². The summed E-state index contributed by atoms with van der Waals surface area (Å²) in [5.41, 5.74) is 3.32. The van der Waals surface area contributed by atoms with Crippen molar-refractivity contribution < 1.29 is 9.47 Å². The zero-order valence-electron chi connectivity index (χ0n) is 21.9. The number of thiazole rings is 1. The van der Waals surface area contributed by atoms with Crippen LogP contribution in [0.2, 0.25) is 0 Å². The molecular formula is C30H22BrN5O4S. The molecule has 0 bridgehead atoms. The summed E-state index contributed by atoms with van der Waals surface area (Å²) in [6.45, 7) is 0. The molecule has 204 valence electrons. The second-order valence-electron chi connectivity index (χ2n) is 9.06. The molecule has 0 unspecified atom stereocenters. The van der Waals surface area contributed by atoms with Gasteiger partial charge in [0.2, 0.25) is 4.96 Å². The van der Waals surface area contributed by atoms with E-state index < -0.39 is 5.56 Å². The number of hydrogen-bond acceptors (Lipinski definition) is 8. The molecule has 0 aliphatic carbocycles. The Morgan fingerprint density at radius 2 is 1.73 bits per heavy atom. The molecule has 0 aliphatic heterocycles. The molecule has 0 saturated carbocycles. The highest BCUT2D eigenvalue weighted by molar-refractivity contribution is 9.10. The Balaban J connectivity index is 1.46. The van der Waals surface area contributed by atoms with E-state index in [1.54, 1.807) is 25.0 Å². The largest absolute Gasteiger partial charge is 0.497 e. The van der Waals surface area contributed by atoms with E-state index in [1.807, 2.05) is 79.0 Å². The van der Waals surface area contributed by atoms with Crippen LogP contribution in [0.1, 0.15) is 16.8 Å². The van der Waals surface area contributed by atoms with E-state index in [1.165, 1.54) is 4.52 Å². The van der Waals surface area contributed by atoms with E-state index in [-0.39, 0.29) is 22.6 Å². The Bertz CT molecular complexity index is 2050. The Kier molecular flexibility index (Phi) is 7.21. The summed E-state index contributed by atoms with van der Waals surface area (Å²) in [5.74, 6) is 1.41. The number of rotatable bonds is 7. The quantitative estimate of drug-likeness (QED) is 0.260. The Hall–Kier alpha value is -4.61. The Morgan fingerprint density at radius 1 is 0.951 bits per heavy atom. The number of nitrogens with zero attached hydrogens (tertiary/aromatic N) is 5. The van der Waals surface area contributed by atoms with Crippen LogP contribution in [-0.2, 0) is 6.42 Å². The summed E-state index contributed by atoms with van der Waals surface area (Å²) >= 11 is 4.66. The summed E-state index contributed by atoms with van der Waals surface area (Å²) < 4.78 is 14.7. The fourth-order valence-electron chi connectivity index (χ4n) is 4.37. The number of para-hydroxylation sites is 1. The van der Waals surface area contributed by atoms with Crippen molar-refractivity contribution in [1.29, 1.82) is 0 Å². The second kappa shape index (κ2) is 11.1. The van der Waals surface area contributed by atoms with Crippen molar-refractivity contribution in [2.24, 2.45) is 0 Å². The van der Waals surface area contributed by atoms with Gasteiger partial charge in [0, 0.05) is 23.7 Å². The summed E-state index contributed by atoms with van der Waals surface area (Å²) in [7, 11) is 3.20. The van der Waals surface area contributed by atoms with Crippen molar-refractivity contribution >= 4 is 38.3 Å². The van der Waals surface area contributed by atoms with Gasteiger partial charge in [0.1, 0.15) is 22.9 Å². The average molecular weight is 629 g/mol. The minimum Gasteiger partial charge on any atom is -0.497 e. The molecule has 0 spiro atoms. The maximum atomic E-state index is 13.5. The molecule has 9 nitrogen and oxygen atoms in total. The maximum absolute atomic E-state index is 13.5. The molecule has 3 aromatic carbocycles. The highest BCUT2D eigenvalue weighted by Crippen LogP contribution is 2.32. The van der Waals surface area contributed by atoms with Gasteiger partial charge in [-0.1, -0.05) is 41.7 Å². The monoisotopic (exact) mass is 627 g/mol. The number of ether oxygens (including phenoxy) is 2. The molecule has 6 rings (SSSR count). The van der Waals surface area contributed by atoms with Crippen LogP contribution in [-0.4, -0.2) is 38.6 Å². The van der Waals surface area contributed by atoms with Gasteiger partial charge in [-0.2, -0.15) is 19.7 Å². The van der Waals surface area contributed by atoms with Gasteiger partial charge < -0.3 is 9.47 Å². The molecule has 0 N–H and O–H groups in total. The topological polar surface area (TPSA) is 101 Å². The fraction of sp³-hybridized carbons (Fsp3) is 0.100. The van der Waals surface area contributed by atoms with Crippen molar-refractivity contribution in [3.8, 4) is 28.4 Å². The van der Waals surface area contributed by atoms with Crippen LogP contribution in [0.5, 0.6) is 11.5 Å². The van der Waals surface area contributed by atoms with Crippen LogP contribution in [0.15, 0.2) is 93.1 Å². The molecular weight excluding hydrogens is 606 g/mol. The molecule has 3 aromatic heterocycles. The minimum absolute atomic E-state index is 0.190. The minimum atomic E-state index is -0.464. The molecule has 11 heteroatoms. The van der Waals surface area contributed by atoms with Gasteiger partial charge in [0.05, 0.1) is 28.9 Å². The number of fused-ring (bicyclic) bond motifs is 1. The van der Waals surface area contributed by atoms with Gasteiger partial charge in [-0.3, -0.25) is 9.59 Å². The van der Waals surface area contributed by atoms with Gasteiger partial charge in [-0.25, -0.2) is 4.68 Å². The van der Waals surface area contributed by atoms with Crippen LogP contribution in [0.4, 0.5) is 0 Å². The molecule has 0 amide bonds. The summed E-state index contributed by atoms with van der Waals surface area (Å²) in [4.78, 5) is 30.6. The summed E-state index contributed by atoms with van der Waals surface area (Å²) in [5, 5.41) is 9.23. The van der Waals surface area contributed by atoms with Crippen LogP contribution in [0.25, 0.3) is 28.0 Å². The van der Waals surface area contributed by atoms with Gasteiger partial charge in [0.25, 0.3) is 11.1 Å². The van der Waals surface area contributed by atoms with Crippen molar-refractivity contribution in [2.75, 3.05) is 14.2 Å². The van der Waals surface area contributed by atoms with Crippen molar-refractivity contribution in [3.63, 3.8) is 0 Å². The average Bonchev–Trinajstić information content (AvgIpc) is 3.55. The first-order chi connectivity index (χ1) is 19.9. The van der Waals surface area contributed by atoms with Crippen molar-refractivity contribution in [2.45, 2.75) is 6.42 Å². The molecule has 0 fully saturated rings. The molecule has 0 aliphatic rings. The van der Waals surface area contributed by atoms with E-state index in [9.17, 15) is 9.59 Å². The van der Waals surface area contributed by atoms with Crippen molar-refractivity contribution in [3.05, 3.63) is 126 Å². The van der Waals surface area contributed by atoms with E-state index in [4.69, 9.17) is 14.6 Å². The predicted octanol–water partition coefficient (Wildman–Crippen LogP) is 4.28. The number of methoxy groups -OCH3 is 2. The lowest BCUT2D eigenvalue weighted by Gasteiger charge is -2.05. The molecule has 0 saturated heterocycles. The predicted molar refractivity (Wildman–Crippen MR) is 161 cm³/mol. The lowest BCUT2D eigenvalue weighted by molar-refractivity contribution is 0.412. The lowest BCUT2D eigenvalue weighted by Crippen LogP contribution is -2.28.